The second kappa shape index (κ2) is 6.78. The molecule has 3 rings (SSSR count). The average Bonchev–Trinajstić information content (AvgIpc) is 2.59. The lowest BCUT2D eigenvalue weighted by molar-refractivity contribution is -0.0795. The van der Waals surface area contributed by atoms with Gasteiger partial charge >= 0.3 is 0 Å². The number of halogens is 2. The summed E-state index contributed by atoms with van der Waals surface area (Å²) in [6, 6.07) is 9.80. The van der Waals surface area contributed by atoms with E-state index in [1.165, 1.54) is 12.3 Å². The van der Waals surface area contributed by atoms with Crippen LogP contribution in [0.3, 0.4) is 0 Å². The average molecular weight is 363 g/mol. The van der Waals surface area contributed by atoms with Gasteiger partial charge in [0.15, 0.2) is 0 Å². The van der Waals surface area contributed by atoms with Crippen molar-refractivity contribution >= 4 is 29.0 Å². The van der Waals surface area contributed by atoms with Gasteiger partial charge in [-0.1, -0.05) is 23.7 Å². The first-order chi connectivity index (χ1) is 11.9. The summed E-state index contributed by atoms with van der Waals surface area (Å²) in [6.45, 7) is 1.54. The molecule has 3 N–H and O–H groups in total. The number of anilines is 1. The number of rotatable bonds is 3. The van der Waals surface area contributed by atoms with Gasteiger partial charge in [-0.3, -0.25) is 9.79 Å². The summed E-state index contributed by atoms with van der Waals surface area (Å²) in [5, 5.41) is 3.15. The summed E-state index contributed by atoms with van der Waals surface area (Å²) >= 11 is 5.76. The quantitative estimate of drug-likeness (QED) is 0.878. The Bertz CT molecular complexity index is 828. The first kappa shape index (κ1) is 17.3. The molecule has 1 aliphatic heterocycles. The van der Waals surface area contributed by atoms with E-state index in [1.54, 1.807) is 37.3 Å². The second-order valence-electron chi connectivity index (χ2n) is 5.77. The first-order valence-electron chi connectivity index (χ1n) is 7.52. The van der Waals surface area contributed by atoms with Crippen molar-refractivity contribution in [3.63, 3.8) is 0 Å². The number of amidine groups is 1. The molecule has 1 aliphatic rings. The van der Waals surface area contributed by atoms with Gasteiger partial charge in [-0.2, -0.15) is 0 Å². The molecule has 2 atom stereocenters. The van der Waals surface area contributed by atoms with E-state index in [0.717, 1.165) is 0 Å². The fourth-order valence-corrected chi connectivity index (χ4v) is 2.63. The highest BCUT2D eigenvalue weighted by Gasteiger charge is 2.40. The minimum absolute atomic E-state index is 0.0462. The number of benzene rings is 1. The van der Waals surface area contributed by atoms with Gasteiger partial charge in [0.25, 0.3) is 5.91 Å². The SMILES string of the molecule is CC1(c2cccc(NC(=O)c3ccc(Cl)cn3)c2)N=C(N)COC1F. The molecular weight excluding hydrogens is 347 g/mol. The van der Waals surface area contributed by atoms with Crippen molar-refractivity contribution in [3.8, 4) is 0 Å². The zero-order chi connectivity index (χ0) is 18.0. The van der Waals surface area contributed by atoms with E-state index in [4.69, 9.17) is 22.1 Å². The number of ether oxygens (including phenoxy) is 1. The molecule has 0 fully saturated rings. The van der Waals surface area contributed by atoms with Gasteiger partial charge in [0, 0.05) is 11.9 Å². The minimum atomic E-state index is -1.64. The molecule has 2 unspecified atom stereocenters. The second-order valence-corrected chi connectivity index (χ2v) is 6.21. The molecule has 0 spiro atoms. The molecule has 0 saturated carbocycles. The molecular formula is C17H16ClFN4O2. The minimum Gasteiger partial charge on any atom is -0.385 e. The van der Waals surface area contributed by atoms with Crippen molar-refractivity contribution < 1.29 is 13.9 Å². The topological polar surface area (TPSA) is 89.6 Å². The van der Waals surface area contributed by atoms with E-state index in [-0.39, 0.29) is 18.1 Å². The van der Waals surface area contributed by atoms with Crippen molar-refractivity contribution in [3.05, 3.63) is 58.9 Å². The predicted octanol–water partition coefficient (Wildman–Crippen LogP) is 2.89. The van der Waals surface area contributed by atoms with Gasteiger partial charge in [0.05, 0.1) is 5.02 Å². The van der Waals surface area contributed by atoms with E-state index in [1.807, 2.05) is 0 Å². The molecule has 1 aromatic carbocycles. The Morgan fingerprint density at radius 2 is 2.24 bits per heavy atom. The molecule has 0 aliphatic carbocycles. The highest BCUT2D eigenvalue weighted by Crippen LogP contribution is 2.35. The fourth-order valence-electron chi connectivity index (χ4n) is 2.51. The number of hydrogen-bond donors (Lipinski definition) is 2. The number of aromatic nitrogens is 1. The Hall–Kier alpha value is -2.51. The third-order valence-corrected chi connectivity index (χ3v) is 4.08. The number of carbonyl (C=O) groups is 1. The van der Waals surface area contributed by atoms with Crippen LogP contribution in [0.5, 0.6) is 0 Å². The van der Waals surface area contributed by atoms with Crippen LogP contribution in [-0.4, -0.2) is 29.7 Å². The van der Waals surface area contributed by atoms with Gasteiger partial charge in [-0.05, 0) is 36.8 Å². The summed E-state index contributed by atoms with van der Waals surface area (Å²) < 4.78 is 19.3. The summed E-state index contributed by atoms with van der Waals surface area (Å²) in [4.78, 5) is 20.4. The van der Waals surface area contributed by atoms with Crippen LogP contribution in [0.4, 0.5) is 10.1 Å². The van der Waals surface area contributed by atoms with E-state index in [9.17, 15) is 9.18 Å². The van der Waals surface area contributed by atoms with Crippen LogP contribution in [0.2, 0.25) is 5.02 Å². The molecule has 1 aromatic heterocycles. The number of nitrogens with two attached hydrogens (primary N) is 1. The summed E-state index contributed by atoms with van der Waals surface area (Å²) in [5.74, 6) is -0.185. The number of hydrogen-bond acceptors (Lipinski definition) is 5. The number of pyridine rings is 1. The maximum Gasteiger partial charge on any atom is 0.274 e. The third-order valence-electron chi connectivity index (χ3n) is 3.86. The van der Waals surface area contributed by atoms with Gasteiger partial charge in [0.1, 0.15) is 23.7 Å². The molecule has 0 saturated heterocycles. The van der Waals surface area contributed by atoms with E-state index in [0.29, 0.717) is 16.3 Å². The highest BCUT2D eigenvalue weighted by molar-refractivity contribution is 6.30. The van der Waals surface area contributed by atoms with Crippen LogP contribution in [0.15, 0.2) is 47.6 Å². The van der Waals surface area contributed by atoms with Crippen molar-refractivity contribution in [1.82, 2.24) is 4.98 Å². The Morgan fingerprint density at radius 3 is 2.96 bits per heavy atom. The monoisotopic (exact) mass is 362 g/mol. The Balaban J connectivity index is 1.85. The van der Waals surface area contributed by atoms with Crippen LogP contribution in [0.1, 0.15) is 23.0 Å². The molecule has 0 radical (unpaired) electrons. The Kier molecular flexibility index (Phi) is 4.69. The maximum absolute atomic E-state index is 14.3. The molecule has 130 valence electrons. The van der Waals surface area contributed by atoms with Gasteiger partial charge in [0.2, 0.25) is 6.36 Å². The first-order valence-corrected chi connectivity index (χ1v) is 7.89. The zero-order valence-electron chi connectivity index (χ0n) is 13.4. The maximum atomic E-state index is 14.3. The van der Waals surface area contributed by atoms with Crippen molar-refractivity contribution in [2.45, 2.75) is 18.8 Å². The zero-order valence-corrected chi connectivity index (χ0v) is 14.1. The summed E-state index contributed by atoms with van der Waals surface area (Å²) in [5.41, 5.74) is 5.64. The lowest BCUT2D eigenvalue weighted by Gasteiger charge is -2.33. The molecule has 0 bridgehead atoms. The molecule has 2 aromatic rings. The van der Waals surface area contributed by atoms with E-state index >= 15 is 0 Å². The van der Waals surface area contributed by atoms with Gasteiger partial charge < -0.3 is 15.8 Å². The van der Waals surface area contributed by atoms with E-state index < -0.39 is 17.8 Å². The molecule has 8 heteroatoms. The fraction of sp³-hybridized carbons (Fsp3) is 0.235. The highest BCUT2D eigenvalue weighted by atomic mass is 35.5. The number of aliphatic imine (C=N–C) groups is 1. The smallest absolute Gasteiger partial charge is 0.274 e. The van der Waals surface area contributed by atoms with Crippen LogP contribution >= 0.6 is 11.6 Å². The molecule has 2 heterocycles. The Morgan fingerprint density at radius 1 is 1.44 bits per heavy atom. The normalized spacial score (nSPS) is 23.0. The number of carbonyl (C=O) groups excluding carboxylic acids is 1. The van der Waals surface area contributed by atoms with Crippen molar-refractivity contribution in [1.29, 1.82) is 0 Å². The molecule has 1 amide bonds. The van der Waals surface area contributed by atoms with Gasteiger partial charge in [-0.25, -0.2) is 9.37 Å². The van der Waals surface area contributed by atoms with Crippen molar-refractivity contribution in [2.75, 3.05) is 11.9 Å². The number of alkyl halides is 1. The van der Waals surface area contributed by atoms with Crippen LogP contribution in [-0.2, 0) is 10.3 Å². The third kappa shape index (κ3) is 3.62. The molecule has 6 nitrogen and oxygen atoms in total. The van der Waals surface area contributed by atoms with E-state index in [2.05, 4.69) is 15.3 Å². The number of nitrogens with zero attached hydrogens (tertiary/aromatic N) is 2. The largest absolute Gasteiger partial charge is 0.385 e. The molecule has 25 heavy (non-hydrogen) atoms. The predicted molar refractivity (Wildman–Crippen MR) is 93.5 cm³/mol. The lowest BCUT2D eigenvalue weighted by Crippen LogP contribution is -2.43. The standard InChI is InChI=1S/C17H16ClFN4O2/c1-17(16(19)25-9-14(20)23-17)10-3-2-4-12(7-10)22-15(24)13-6-5-11(18)8-21-13/h2-8,16H,9H2,1H3,(H2,20,23)(H,22,24). The van der Waals surface area contributed by atoms with Crippen LogP contribution < -0.4 is 11.1 Å². The summed E-state index contributed by atoms with van der Waals surface area (Å²) in [6.07, 6.45) is -0.248. The van der Waals surface area contributed by atoms with Crippen molar-refractivity contribution in [2.24, 2.45) is 10.7 Å². The Labute approximate surface area is 148 Å². The van der Waals surface area contributed by atoms with Crippen LogP contribution in [0.25, 0.3) is 0 Å². The number of nitrogens with one attached hydrogen (secondary N) is 1. The van der Waals surface area contributed by atoms with Crippen LogP contribution in [0, 0.1) is 0 Å². The van der Waals surface area contributed by atoms with Gasteiger partial charge in [-0.15, -0.1) is 0 Å². The summed E-state index contributed by atoms with van der Waals surface area (Å²) in [7, 11) is 0. The lowest BCUT2D eigenvalue weighted by atomic mass is 9.91. The number of amides is 1.